The fourth-order valence-electron chi connectivity index (χ4n) is 0.344. The van der Waals surface area contributed by atoms with Gasteiger partial charge < -0.3 is 14.9 Å². The summed E-state index contributed by atoms with van der Waals surface area (Å²) in [7, 11) is -3.97. The van der Waals surface area contributed by atoms with Crippen LogP contribution in [-0.4, -0.2) is 27.2 Å². The molecule has 0 saturated carbocycles. The molecule has 0 aliphatic rings. The van der Waals surface area contributed by atoms with Gasteiger partial charge in [-0.05, 0) is 6.92 Å². The standard InChI is InChI=1S/C3H9O4P/c1-3(4)2-8(5,6)7/h3-4H,2H2,1H3,(H2,5,6,7)/t3-/m0/s1. The lowest BCUT2D eigenvalue weighted by Gasteiger charge is -2.03. The van der Waals surface area contributed by atoms with Crippen LogP contribution in [0.3, 0.4) is 0 Å². The Kier molecular flexibility index (Phi) is 2.63. The van der Waals surface area contributed by atoms with Gasteiger partial charge in [-0.2, -0.15) is 0 Å². The first-order valence-corrected chi connectivity index (χ1v) is 3.94. The van der Waals surface area contributed by atoms with E-state index in [1.807, 2.05) is 0 Å². The second kappa shape index (κ2) is 2.60. The van der Waals surface area contributed by atoms with Gasteiger partial charge in [-0.15, -0.1) is 0 Å². The number of aliphatic hydroxyl groups excluding tert-OH is 1. The van der Waals surface area contributed by atoms with Crippen molar-refractivity contribution in [3.05, 3.63) is 0 Å². The Hall–Kier alpha value is 0.110. The number of hydrogen-bond acceptors (Lipinski definition) is 2. The van der Waals surface area contributed by atoms with Crippen molar-refractivity contribution in [3.63, 3.8) is 0 Å². The molecular formula is C3H9O4P. The summed E-state index contributed by atoms with van der Waals surface area (Å²) in [5.74, 6) is 0. The molecule has 0 amide bonds. The Morgan fingerprint density at radius 3 is 2.00 bits per heavy atom. The lowest BCUT2D eigenvalue weighted by Crippen LogP contribution is -2.06. The monoisotopic (exact) mass is 140 g/mol. The molecule has 0 heterocycles. The van der Waals surface area contributed by atoms with Crippen LogP contribution in [-0.2, 0) is 4.57 Å². The highest BCUT2D eigenvalue weighted by atomic mass is 31.2. The number of rotatable bonds is 2. The maximum Gasteiger partial charge on any atom is 0.328 e. The van der Waals surface area contributed by atoms with Crippen LogP contribution >= 0.6 is 7.60 Å². The van der Waals surface area contributed by atoms with E-state index in [1.165, 1.54) is 6.92 Å². The van der Waals surface area contributed by atoms with E-state index in [-0.39, 0.29) is 0 Å². The van der Waals surface area contributed by atoms with E-state index in [0.29, 0.717) is 0 Å². The molecule has 0 bridgehead atoms. The van der Waals surface area contributed by atoms with Crippen LogP contribution < -0.4 is 0 Å². The Morgan fingerprint density at radius 1 is 1.62 bits per heavy atom. The fraction of sp³-hybridized carbons (Fsp3) is 1.00. The Morgan fingerprint density at radius 2 is 2.00 bits per heavy atom. The molecule has 0 rings (SSSR count). The van der Waals surface area contributed by atoms with Crippen LogP contribution in [0.4, 0.5) is 0 Å². The third kappa shape index (κ3) is 6.11. The predicted octanol–water partition coefficient (Wildman–Crippen LogP) is -0.455. The van der Waals surface area contributed by atoms with Crippen molar-refractivity contribution >= 4 is 7.60 Å². The Balaban J connectivity index is 3.56. The van der Waals surface area contributed by atoms with E-state index >= 15 is 0 Å². The van der Waals surface area contributed by atoms with Crippen molar-refractivity contribution < 1.29 is 19.5 Å². The molecule has 3 N–H and O–H groups in total. The highest BCUT2D eigenvalue weighted by Crippen LogP contribution is 2.34. The molecule has 8 heavy (non-hydrogen) atoms. The molecule has 4 nitrogen and oxygen atoms in total. The zero-order valence-corrected chi connectivity index (χ0v) is 5.38. The Labute approximate surface area is 47.3 Å². The van der Waals surface area contributed by atoms with Gasteiger partial charge in [-0.25, -0.2) is 0 Å². The minimum atomic E-state index is -3.97. The summed E-state index contributed by atoms with van der Waals surface area (Å²) in [6.07, 6.45) is -1.37. The topological polar surface area (TPSA) is 77.8 Å². The largest absolute Gasteiger partial charge is 0.393 e. The maximum atomic E-state index is 9.98. The molecule has 0 aromatic rings. The fourth-order valence-corrected chi connectivity index (χ4v) is 1.03. The van der Waals surface area contributed by atoms with Gasteiger partial charge in [0.05, 0.1) is 12.3 Å². The SMILES string of the molecule is C[C@H](O)CP(=O)(O)O. The lowest BCUT2D eigenvalue weighted by molar-refractivity contribution is 0.208. The van der Waals surface area contributed by atoms with Crippen molar-refractivity contribution in [1.29, 1.82) is 0 Å². The Bertz CT molecular complexity index is 104. The molecule has 0 aliphatic heterocycles. The second-order valence-electron chi connectivity index (χ2n) is 1.70. The third-order valence-electron chi connectivity index (χ3n) is 0.502. The van der Waals surface area contributed by atoms with Crippen molar-refractivity contribution in [1.82, 2.24) is 0 Å². The van der Waals surface area contributed by atoms with Crippen LogP contribution in [0.15, 0.2) is 0 Å². The molecule has 0 aromatic heterocycles. The minimum Gasteiger partial charge on any atom is -0.393 e. The highest BCUT2D eigenvalue weighted by molar-refractivity contribution is 7.51. The van der Waals surface area contributed by atoms with E-state index in [9.17, 15) is 4.57 Å². The number of aliphatic hydroxyl groups is 1. The molecule has 0 unspecified atom stereocenters. The van der Waals surface area contributed by atoms with Crippen molar-refractivity contribution in [2.45, 2.75) is 13.0 Å². The van der Waals surface area contributed by atoms with E-state index < -0.39 is 19.9 Å². The molecule has 0 aromatic carbocycles. The van der Waals surface area contributed by atoms with Gasteiger partial charge >= 0.3 is 7.60 Å². The van der Waals surface area contributed by atoms with Crippen LogP contribution in [0.1, 0.15) is 6.92 Å². The van der Waals surface area contributed by atoms with Gasteiger partial charge in [0.1, 0.15) is 0 Å². The van der Waals surface area contributed by atoms with Gasteiger partial charge in [-0.1, -0.05) is 0 Å². The quantitative estimate of drug-likeness (QED) is 0.454. The molecule has 0 saturated heterocycles. The van der Waals surface area contributed by atoms with E-state index in [2.05, 4.69) is 0 Å². The predicted molar refractivity (Wildman–Crippen MR) is 28.6 cm³/mol. The molecule has 50 valence electrons. The zero-order chi connectivity index (χ0) is 6.78. The molecule has 5 heteroatoms. The summed E-state index contributed by atoms with van der Waals surface area (Å²) in [5.41, 5.74) is 0. The van der Waals surface area contributed by atoms with Gasteiger partial charge in [0, 0.05) is 0 Å². The molecule has 0 aliphatic carbocycles. The summed E-state index contributed by atoms with van der Waals surface area (Å²) < 4.78 is 9.98. The first-order valence-electron chi connectivity index (χ1n) is 2.14. The van der Waals surface area contributed by atoms with Crippen LogP contribution in [0.25, 0.3) is 0 Å². The maximum absolute atomic E-state index is 9.98. The minimum absolute atomic E-state index is 0.451. The average molecular weight is 140 g/mol. The average Bonchev–Trinajstić information content (AvgIpc) is 1.21. The summed E-state index contributed by atoms with van der Waals surface area (Å²) in [4.78, 5) is 16.3. The highest BCUT2D eigenvalue weighted by Gasteiger charge is 2.15. The third-order valence-corrected chi connectivity index (χ3v) is 1.51. The first-order chi connectivity index (χ1) is 3.42. The van der Waals surface area contributed by atoms with Crippen molar-refractivity contribution in [3.8, 4) is 0 Å². The lowest BCUT2D eigenvalue weighted by atomic mass is 10.5. The van der Waals surface area contributed by atoms with Gasteiger partial charge in [0.25, 0.3) is 0 Å². The molecule has 0 spiro atoms. The van der Waals surface area contributed by atoms with Crippen LogP contribution in [0.2, 0.25) is 0 Å². The normalized spacial score (nSPS) is 16.0. The second-order valence-corrected chi connectivity index (χ2v) is 3.39. The summed E-state index contributed by atoms with van der Waals surface area (Å²) >= 11 is 0. The molecule has 0 fully saturated rings. The molecular weight excluding hydrogens is 131 g/mol. The summed E-state index contributed by atoms with van der Waals surface area (Å²) in [5, 5.41) is 8.40. The summed E-state index contributed by atoms with van der Waals surface area (Å²) in [6.45, 7) is 1.33. The van der Waals surface area contributed by atoms with Crippen LogP contribution in [0.5, 0.6) is 0 Å². The van der Waals surface area contributed by atoms with E-state index in [1.54, 1.807) is 0 Å². The first kappa shape index (κ1) is 8.11. The van der Waals surface area contributed by atoms with Crippen molar-refractivity contribution in [2.24, 2.45) is 0 Å². The van der Waals surface area contributed by atoms with Crippen LogP contribution in [0, 0.1) is 0 Å². The smallest absolute Gasteiger partial charge is 0.328 e. The molecule has 0 radical (unpaired) electrons. The van der Waals surface area contributed by atoms with E-state index in [4.69, 9.17) is 14.9 Å². The van der Waals surface area contributed by atoms with Gasteiger partial charge in [0.2, 0.25) is 0 Å². The van der Waals surface area contributed by atoms with Gasteiger partial charge in [-0.3, -0.25) is 4.57 Å². The van der Waals surface area contributed by atoms with Crippen molar-refractivity contribution in [2.75, 3.05) is 6.16 Å². The summed E-state index contributed by atoms with van der Waals surface area (Å²) in [6, 6.07) is 0. The zero-order valence-electron chi connectivity index (χ0n) is 4.48. The van der Waals surface area contributed by atoms with E-state index in [0.717, 1.165) is 0 Å². The molecule has 1 atom stereocenters. The number of hydrogen-bond donors (Lipinski definition) is 3. The van der Waals surface area contributed by atoms with Gasteiger partial charge in [0.15, 0.2) is 0 Å².